The third-order valence-electron chi connectivity index (χ3n) is 4.41. The molecule has 0 aromatic heterocycles. The maximum absolute atomic E-state index is 12.2. The first-order valence-electron chi connectivity index (χ1n) is 10.5. The summed E-state index contributed by atoms with van der Waals surface area (Å²) < 4.78 is 21.0. The number of aliphatic hydroxyl groups is 1. The maximum atomic E-state index is 12.2. The van der Waals surface area contributed by atoms with Gasteiger partial charge in [0.15, 0.2) is 0 Å². The highest BCUT2D eigenvalue weighted by molar-refractivity contribution is 5.67. The Labute approximate surface area is 185 Å². The van der Waals surface area contributed by atoms with Gasteiger partial charge in [0, 0.05) is 18.7 Å². The van der Waals surface area contributed by atoms with Gasteiger partial charge in [-0.3, -0.25) is 0 Å². The lowest BCUT2D eigenvalue weighted by molar-refractivity contribution is 0.0432. The van der Waals surface area contributed by atoms with Crippen molar-refractivity contribution in [2.24, 2.45) is 0 Å². The van der Waals surface area contributed by atoms with Crippen molar-refractivity contribution in [1.29, 1.82) is 0 Å². The molecule has 31 heavy (non-hydrogen) atoms. The van der Waals surface area contributed by atoms with E-state index in [1.807, 2.05) is 33.8 Å². The van der Waals surface area contributed by atoms with Crippen molar-refractivity contribution in [3.8, 4) is 5.75 Å². The summed E-state index contributed by atoms with van der Waals surface area (Å²) in [7, 11) is 0. The molecule has 0 unspecified atom stereocenters. The van der Waals surface area contributed by atoms with Crippen molar-refractivity contribution < 1.29 is 33.6 Å². The SMILES string of the molecule is Cc1cc(C)c(C(C)(C)CCO)c(OC(=O)OCCOCCNC(=O)OC(C)(C)C)c1. The Morgan fingerprint density at radius 2 is 1.71 bits per heavy atom. The van der Waals surface area contributed by atoms with Crippen LogP contribution in [0.4, 0.5) is 9.59 Å². The monoisotopic (exact) mass is 439 g/mol. The number of hydrogen-bond donors (Lipinski definition) is 2. The van der Waals surface area contributed by atoms with Gasteiger partial charge in [-0.25, -0.2) is 9.59 Å². The summed E-state index contributed by atoms with van der Waals surface area (Å²) in [5, 5.41) is 12.0. The molecule has 0 saturated heterocycles. The smallest absolute Gasteiger partial charge is 0.444 e. The van der Waals surface area contributed by atoms with Crippen LogP contribution >= 0.6 is 0 Å². The Morgan fingerprint density at radius 1 is 1.03 bits per heavy atom. The summed E-state index contributed by atoms with van der Waals surface area (Å²) in [6, 6.07) is 3.81. The number of amides is 1. The van der Waals surface area contributed by atoms with Crippen LogP contribution in [0, 0.1) is 13.8 Å². The number of hydrogen-bond acceptors (Lipinski definition) is 7. The van der Waals surface area contributed by atoms with Crippen LogP contribution in [-0.4, -0.2) is 55.9 Å². The molecule has 1 aromatic rings. The average Bonchev–Trinajstić information content (AvgIpc) is 2.58. The standard InChI is InChI=1S/C23H37NO7/c1-16-14-17(2)19(23(6,7)8-10-25)18(15-16)30-21(27)29-13-12-28-11-9-24-20(26)31-22(3,4)5/h14-15,25H,8-13H2,1-7H3,(H,24,26). The van der Waals surface area contributed by atoms with Gasteiger partial charge in [0.1, 0.15) is 18.0 Å². The van der Waals surface area contributed by atoms with Crippen LogP contribution in [0.5, 0.6) is 5.75 Å². The minimum atomic E-state index is -0.818. The molecule has 0 bridgehead atoms. The number of rotatable bonds is 10. The predicted octanol–water partition coefficient (Wildman–Crippen LogP) is 4.02. The minimum Gasteiger partial charge on any atom is -0.444 e. The van der Waals surface area contributed by atoms with Crippen LogP contribution in [0.25, 0.3) is 0 Å². The Hall–Kier alpha value is -2.32. The van der Waals surface area contributed by atoms with Crippen LogP contribution in [0.1, 0.15) is 57.7 Å². The molecule has 8 heteroatoms. The van der Waals surface area contributed by atoms with E-state index in [1.165, 1.54) is 0 Å². The molecule has 0 aliphatic rings. The van der Waals surface area contributed by atoms with Gasteiger partial charge < -0.3 is 29.4 Å². The zero-order valence-electron chi connectivity index (χ0n) is 19.8. The molecular weight excluding hydrogens is 402 g/mol. The van der Waals surface area contributed by atoms with Crippen LogP contribution in [0.3, 0.4) is 0 Å². The number of aliphatic hydroxyl groups excluding tert-OH is 1. The van der Waals surface area contributed by atoms with Crippen molar-refractivity contribution in [3.63, 3.8) is 0 Å². The van der Waals surface area contributed by atoms with E-state index >= 15 is 0 Å². The van der Waals surface area contributed by atoms with Crippen molar-refractivity contribution in [1.82, 2.24) is 5.32 Å². The van der Waals surface area contributed by atoms with Gasteiger partial charge in [0.25, 0.3) is 0 Å². The van der Waals surface area contributed by atoms with Crippen molar-refractivity contribution in [2.45, 2.75) is 65.9 Å². The lowest BCUT2D eigenvalue weighted by Gasteiger charge is -2.28. The third kappa shape index (κ3) is 10.0. The largest absolute Gasteiger partial charge is 0.513 e. The normalized spacial score (nSPS) is 11.7. The molecular formula is C23H37NO7. The molecule has 0 saturated carbocycles. The highest BCUT2D eigenvalue weighted by Gasteiger charge is 2.27. The molecule has 0 spiro atoms. The van der Waals surface area contributed by atoms with Gasteiger partial charge in [-0.1, -0.05) is 19.9 Å². The summed E-state index contributed by atoms with van der Waals surface area (Å²) in [4.78, 5) is 23.7. The fraction of sp³-hybridized carbons (Fsp3) is 0.652. The summed E-state index contributed by atoms with van der Waals surface area (Å²) in [5.74, 6) is 0.434. The molecule has 2 N–H and O–H groups in total. The molecule has 0 aliphatic heterocycles. The van der Waals surface area contributed by atoms with E-state index < -0.39 is 17.8 Å². The second-order valence-corrected chi connectivity index (χ2v) is 9.05. The number of alkyl carbamates (subject to hydrolysis) is 1. The molecule has 1 amide bonds. The van der Waals surface area contributed by atoms with Gasteiger partial charge in [-0.05, 0) is 63.6 Å². The van der Waals surface area contributed by atoms with E-state index in [1.54, 1.807) is 26.8 Å². The Morgan fingerprint density at radius 3 is 2.32 bits per heavy atom. The second kappa shape index (κ2) is 11.9. The van der Waals surface area contributed by atoms with Gasteiger partial charge in [-0.2, -0.15) is 0 Å². The Kier molecular flexibility index (Phi) is 10.3. The second-order valence-electron chi connectivity index (χ2n) is 9.05. The zero-order chi connectivity index (χ0) is 23.7. The van der Waals surface area contributed by atoms with Gasteiger partial charge in [-0.15, -0.1) is 0 Å². The molecule has 1 rings (SSSR count). The maximum Gasteiger partial charge on any atom is 0.513 e. The van der Waals surface area contributed by atoms with Gasteiger partial charge >= 0.3 is 12.2 Å². The van der Waals surface area contributed by atoms with E-state index in [0.29, 0.717) is 12.2 Å². The first kappa shape index (κ1) is 26.7. The topological polar surface area (TPSA) is 103 Å². The van der Waals surface area contributed by atoms with E-state index in [-0.39, 0.29) is 38.4 Å². The molecule has 176 valence electrons. The molecule has 0 aliphatic carbocycles. The fourth-order valence-electron chi connectivity index (χ4n) is 3.23. The number of carbonyl (C=O) groups is 2. The first-order chi connectivity index (χ1) is 14.4. The van der Waals surface area contributed by atoms with Crippen molar-refractivity contribution in [2.75, 3.05) is 33.0 Å². The minimum absolute atomic E-state index is 0.0193. The van der Waals surface area contributed by atoms with E-state index in [4.69, 9.17) is 18.9 Å². The number of nitrogens with one attached hydrogen (secondary N) is 1. The number of aryl methyl sites for hydroxylation is 2. The quantitative estimate of drug-likeness (QED) is 0.322. The average molecular weight is 440 g/mol. The molecule has 1 aromatic carbocycles. The third-order valence-corrected chi connectivity index (χ3v) is 4.41. The molecule has 0 fully saturated rings. The zero-order valence-corrected chi connectivity index (χ0v) is 19.8. The lowest BCUT2D eigenvalue weighted by atomic mass is 9.78. The van der Waals surface area contributed by atoms with Crippen LogP contribution in [0.2, 0.25) is 0 Å². The summed E-state index contributed by atoms with van der Waals surface area (Å²) in [6.45, 7) is 14.0. The predicted molar refractivity (Wildman–Crippen MR) is 118 cm³/mol. The van der Waals surface area contributed by atoms with Crippen molar-refractivity contribution >= 4 is 12.2 Å². The Bertz CT molecular complexity index is 738. The molecule has 0 atom stereocenters. The molecule has 0 heterocycles. The highest BCUT2D eigenvalue weighted by Crippen LogP contribution is 2.37. The summed E-state index contributed by atoms with van der Waals surface area (Å²) in [6.07, 6.45) is -0.793. The van der Waals surface area contributed by atoms with E-state index in [0.717, 1.165) is 16.7 Å². The van der Waals surface area contributed by atoms with Gasteiger partial charge in [0.05, 0.1) is 13.2 Å². The first-order valence-corrected chi connectivity index (χ1v) is 10.5. The van der Waals surface area contributed by atoms with Crippen LogP contribution in [0.15, 0.2) is 12.1 Å². The Balaban J connectivity index is 2.46. The van der Waals surface area contributed by atoms with E-state index in [2.05, 4.69) is 5.32 Å². The van der Waals surface area contributed by atoms with Crippen LogP contribution in [-0.2, 0) is 19.6 Å². The van der Waals surface area contributed by atoms with Gasteiger partial charge in [0.2, 0.25) is 0 Å². The summed E-state index contributed by atoms with van der Waals surface area (Å²) >= 11 is 0. The highest BCUT2D eigenvalue weighted by atomic mass is 16.7. The lowest BCUT2D eigenvalue weighted by Crippen LogP contribution is -2.34. The number of ether oxygens (including phenoxy) is 4. The van der Waals surface area contributed by atoms with Crippen molar-refractivity contribution in [3.05, 3.63) is 28.8 Å². The number of benzene rings is 1. The fourth-order valence-corrected chi connectivity index (χ4v) is 3.23. The van der Waals surface area contributed by atoms with Crippen LogP contribution < -0.4 is 10.1 Å². The number of carbonyl (C=O) groups excluding carboxylic acids is 2. The molecule has 0 radical (unpaired) electrons. The molecule has 8 nitrogen and oxygen atoms in total. The summed E-state index contributed by atoms with van der Waals surface area (Å²) in [5.41, 5.74) is 1.90. The van der Waals surface area contributed by atoms with E-state index in [9.17, 15) is 14.7 Å².